The Labute approximate surface area is 204 Å². The first-order valence-corrected chi connectivity index (χ1v) is 12.0. The minimum atomic E-state index is -1.26. The molecule has 4 atom stereocenters. The summed E-state index contributed by atoms with van der Waals surface area (Å²) in [6.45, 7) is 7.75. The topological polar surface area (TPSA) is 66.0 Å². The molecular weight excluding hydrogens is 456 g/mol. The smallest absolute Gasteiger partial charge is 0.252 e. The van der Waals surface area contributed by atoms with Gasteiger partial charge in [0.25, 0.3) is 5.91 Å². The second-order valence-corrected chi connectivity index (χ2v) is 9.73. The Morgan fingerprint density at radius 2 is 1.80 bits per heavy atom. The number of benzene rings is 2. The summed E-state index contributed by atoms with van der Waals surface area (Å²) in [5.74, 6) is -2.54. The van der Waals surface area contributed by atoms with E-state index in [0.717, 1.165) is 11.1 Å². The lowest BCUT2D eigenvalue weighted by Gasteiger charge is -2.43. The molecule has 1 heterocycles. The minimum Gasteiger partial charge on any atom is -0.370 e. The number of nitrogens with one attached hydrogen (secondary N) is 1. The van der Waals surface area contributed by atoms with Crippen molar-refractivity contribution in [2.75, 3.05) is 6.54 Å². The second-order valence-electron chi connectivity index (χ2n) is 9.73. The van der Waals surface area contributed by atoms with Crippen LogP contribution in [0.3, 0.4) is 0 Å². The van der Waals surface area contributed by atoms with Gasteiger partial charge in [-0.05, 0) is 45.4 Å². The predicted molar refractivity (Wildman–Crippen MR) is 125 cm³/mol. The summed E-state index contributed by atoms with van der Waals surface area (Å²) < 4.78 is 53.1. The van der Waals surface area contributed by atoms with E-state index in [1.165, 1.54) is 18.2 Å². The van der Waals surface area contributed by atoms with Crippen LogP contribution in [-0.4, -0.2) is 42.2 Å². The zero-order chi connectivity index (χ0) is 25.2. The highest BCUT2D eigenvalue weighted by Crippen LogP contribution is 2.44. The third-order valence-corrected chi connectivity index (χ3v) is 6.50. The molecule has 1 amide bonds. The third-order valence-electron chi connectivity index (χ3n) is 6.50. The number of halogens is 2. The number of ether oxygens (including phenoxy) is 4. The molecule has 8 heteroatoms. The van der Waals surface area contributed by atoms with Crippen molar-refractivity contribution in [1.29, 1.82) is 0 Å². The van der Waals surface area contributed by atoms with Gasteiger partial charge in [0.1, 0.15) is 17.7 Å². The van der Waals surface area contributed by atoms with E-state index in [-0.39, 0.29) is 37.5 Å². The first-order chi connectivity index (χ1) is 16.6. The summed E-state index contributed by atoms with van der Waals surface area (Å²) >= 11 is 0. The van der Waals surface area contributed by atoms with Crippen LogP contribution in [0, 0.1) is 18.6 Å². The number of carbonyl (C=O) groups is 1. The van der Waals surface area contributed by atoms with E-state index in [1.54, 1.807) is 13.8 Å². The van der Waals surface area contributed by atoms with Gasteiger partial charge in [-0.2, -0.15) is 0 Å². The highest BCUT2D eigenvalue weighted by molar-refractivity contribution is 5.85. The molecule has 35 heavy (non-hydrogen) atoms. The van der Waals surface area contributed by atoms with E-state index < -0.39 is 41.3 Å². The van der Waals surface area contributed by atoms with Crippen molar-refractivity contribution in [2.45, 2.75) is 83.5 Å². The van der Waals surface area contributed by atoms with Crippen molar-refractivity contribution in [3.8, 4) is 0 Å². The van der Waals surface area contributed by atoms with Gasteiger partial charge in [0.05, 0.1) is 25.4 Å². The molecule has 2 aromatic rings. The maximum absolute atomic E-state index is 14.3. The van der Waals surface area contributed by atoms with Gasteiger partial charge in [-0.3, -0.25) is 4.79 Å². The fraction of sp³-hybridized carbons (Fsp3) is 0.519. The average Bonchev–Trinajstić information content (AvgIpc) is 3.11. The molecule has 1 saturated heterocycles. The van der Waals surface area contributed by atoms with Gasteiger partial charge in [0, 0.05) is 24.9 Å². The molecule has 2 aromatic carbocycles. The van der Waals surface area contributed by atoms with Gasteiger partial charge in [-0.1, -0.05) is 35.9 Å². The first-order valence-electron chi connectivity index (χ1n) is 12.0. The number of amides is 1. The largest absolute Gasteiger partial charge is 0.370 e. The molecule has 2 fully saturated rings. The molecule has 4 rings (SSSR count). The second kappa shape index (κ2) is 10.3. The molecule has 6 nitrogen and oxygen atoms in total. The molecule has 1 aliphatic carbocycles. The molecule has 0 spiro atoms. The summed E-state index contributed by atoms with van der Waals surface area (Å²) in [6, 6.07) is 11.6. The lowest BCUT2D eigenvalue weighted by molar-refractivity contribution is -0.183. The predicted octanol–water partition coefficient (Wildman–Crippen LogP) is 4.56. The van der Waals surface area contributed by atoms with Crippen molar-refractivity contribution >= 4 is 5.91 Å². The van der Waals surface area contributed by atoms with Crippen LogP contribution in [0.2, 0.25) is 0 Å². The summed E-state index contributed by atoms with van der Waals surface area (Å²) in [4.78, 5) is 13.4. The number of carbonyl (C=O) groups excluding carboxylic acids is 1. The van der Waals surface area contributed by atoms with Crippen molar-refractivity contribution in [2.24, 2.45) is 0 Å². The van der Waals surface area contributed by atoms with Crippen LogP contribution < -0.4 is 5.32 Å². The maximum atomic E-state index is 14.3. The van der Waals surface area contributed by atoms with Crippen LogP contribution in [0.25, 0.3) is 0 Å². The van der Waals surface area contributed by atoms with Crippen molar-refractivity contribution in [3.05, 3.63) is 70.8 Å². The van der Waals surface area contributed by atoms with Crippen LogP contribution in [0.1, 0.15) is 50.3 Å². The fourth-order valence-electron chi connectivity index (χ4n) is 4.91. The number of aryl methyl sites for hydroxylation is 1. The highest BCUT2D eigenvalue weighted by Gasteiger charge is 2.58. The Morgan fingerprint density at radius 1 is 1.09 bits per heavy atom. The number of likely N-dealkylation sites (N-methyl/N-ethyl adjacent to an activating group) is 1. The van der Waals surface area contributed by atoms with Gasteiger partial charge < -0.3 is 24.3 Å². The van der Waals surface area contributed by atoms with Gasteiger partial charge >= 0.3 is 0 Å². The van der Waals surface area contributed by atoms with E-state index >= 15 is 0 Å². The molecule has 0 bridgehead atoms. The van der Waals surface area contributed by atoms with Crippen molar-refractivity contribution in [3.63, 3.8) is 0 Å². The van der Waals surface area contributed by atoms with Crippen LogP contribution in [-0.2, 0) is 37.0 Å². The minimum absolute atomic E-state index is 0.154. The Kier molecular flexibility index (Phi) is 7.57. The van der Waals surface area contributed by atoms with E-state index in [1.807, 2.05) is 38.1 Å². The van der Waals surface area contributed by atoms with Gasteiger partial charge in [-0.15, -0.1) is 0 Å². The van der Waals surface area contributed by atoms with Crippen LogP contribution in [0.4, 0.5) is 8.78 Å². The summed E-state index contributed by atoms with van der Waals surface area (Å²) in [5, 5.41) is 2.88. The van der Waals surface area contributed by atoms with Gasteiger partial charge in [0.2, 0.25) is 0 Å². The van der Waals surface area contributed by atoms with Crippen LogP contribution in [0.5, 0.6) is 0 Å². The third kappa shape index (κ3) is 5.72. The maximum Gasteiger partial charge on any atom is 0.252 e. The summed E-state index contributed by atoms with van der Waals surface area (Å²) in [7, 11) is 0. The van der Waals surface area contributed by atoms with Crippen LogP contribution >= 0.6 is 0 Å². The Morgan fingerprint density at radius 3 is 2.49 bits per heavy atom. The van der Waals surface area contributed by atoms with Crippen molar-refractivity contribution < 1.29 is 32.5 Å². The monoisotopic (exact) mass is 489 g/mol. The molecule has 2 aliphatic rings. The average molecular weight is 490 g/mol. The van der Waals surface area contributed by atoms with Gasteiger partial charge in [-0.25, -0.2) is 8.78 Å². The summed E-state index contributed by atoms with van der Waals surface area (Å²) in [6.07, 6.45) is -1.26. The molecule has 0 aromatic heterocycles. The quantitative estimate of drug-likeness (QED) is 0.589. The number of hydrogen-bond donors (Lipinski definition) is 1. The summed E-state index contributed by atoms with van der Waals surface area (Å²) in [5.41, 5.74) is 0.593. The number of rotatable bonds is 8. The van der Waals surface area contributed by atoms with E-state index in [4.69, 9.17) is 18.9 Å². The molecule has 1 aliphatic heterocycles. The van der Waals surface area contributed by atoms with E-state index in [0.29, 0.717) is 6.54 Å². The molecule has 0 radical (unpaired) electrons. The van der Waals surface area contributed by atoms with E-state index in [9.17, 15) is 13.6 Å². The molecule has 190 valence electrons. The Bertz CT molecular complexity index is 1040. The molecule has 1 N–H and O–H groups in total. The molecule has 1 saturated carbocycles. The first kappa shape index (κ1) is 25.7. The normalized spacial score (nSPS) is 27.4. The highest BCUT2D eigenvalue weighted by atomic mass is 19.1. The van der Waals surface area contributed by atoms with E-state index in [2.05, 4.69) is 5.32 Å². The van der Waals surface area contributed by atoms with Crippen LogP contribution in [0.15, 0.2) is 42.5 Å². The number of hydrogen-bond acceptors (Lipinski definition) is 5. The fourth-order valence-corrected chi connectivity index (χ4v) is 4.91. The molecule has 0 unspecified atom stereocenters. The number of fused-ring (bicyclic) bond motifs is 1. The Balaban J connectivity index is 1.62. The zero-order valence-electron chi connectivity index (χ0n) is 20.6. The van der Waals surface area contributed by atoms with Crippen molar-refractivity contribution in [1.82, 2.24) is 5.32 Å². The zero-order valence-corrected chi connectivity index (χ0v) is 20.6. The Hall–Kier alpha value is -2.39. The lowest BCUT2D eigenvalue weighted by atomic mass is 9.78. The van der Waals surface area contributed by atoms with Gasteiger partial charge in [0.15, 0.2) is 11.4 Å². The standard InChI is InChI=1S/C27H33F2NO5/c1-5-30-25(31)27(33-15-18-9-6-8-17(2)12-18)13-22(24-23(14-27)34-26(3,4)35-24)32-16-19-20(28)10-7-11-21(19)29/h6-12,22-24H,5,13-16H2,1-4H3,(H,30,31)/t22-,23+,24-,27+/m0/s1. The SMILES string of the molecule is CCNC(=O)[C@@]1(OCc2cccc(C)c2)C[C@H](OCc2c(F)cccc2F)[C@@H]2OC(C)(C)O[C@@H]2C1. The molecular formula is C27H33F2NO5. The lowest BCUT2D eigenvalue weighted by Crippen LogP contribution is -2.60.